The third-order valence-corrected chi connectivity index (χ3v) is 5.55. The molecule has 0 radical (unpaired) electrons. The molecule has 2 saturated carbocycles. The molecule has 1 atom stereocenters. The van der Waals surface area contributed by atoms with Gasteiger partial charge in [0, 0.05) is 23.6 Å². The van der Waals surface area contributed by atoms with Crippen LogP contribution >= 0.6 is 0 Å². The Morgan fingerprint density at radius 2 is 1.76 bits per heavy atom. The molecule has 0 heterocycles. The molecule has 156 valence electrons. The molecule has 1 amide bonds. The quantitative estimate of drug-likeness (QED) is 0.433. The summed E-state index contributed by atoms with van der Waals surface area (Å²) >= 11 is 0. The monoisotopic (exact) mass is 404 g/mol. The topological polar surface area (TPSA) is 137 Å². The number of rotatable bonds is 5. The maximum Gasteiger partial charge on any atom is 0.433 e. The van der Waals surface area contributed by atoms with Crippen LogP contribution in [0.4, 0.5) is 16.2 Å². The summed E-state index contributed by atoms with van der Waals surface area (Å²) in [6, 6.07) is 3.72. The van der Waals surface area contributed by atoms with Gasteiger partial charge in [-0.05, 0) is 38.2 Å². The minimum atomic E-state index is -0.661. The van der Waals surface area contributed by atoms with Crippen molar-refractivity contribution in [2.24, 2.45) is 5.16 Å². The number of benzene rings is 1. The molecule has 10 nitrogen and oxygen atoms in total. The van der Waals surface area contributed by atoms with Crippen LogP contribution in [0.1, 0.15) is 69.3 Å². The van der Waals surface area contributed by atoms with E-state index >= 15 is 0 Å². The summed E-state index contributed by atoms with van der Waals surface area (Å²) in [4.78, 5) is 38.3. The first kappa shape index (κ1) is 20.7. The SMILES string of the molecule is O=C(NC1CCCCC1)O/N=C1\CCCCC1c1ccc([N+](=O)[O-])cc1[N+](=O)[O-]. The van der Waals surface area contributed by atoms with Crippen molar-refractivity contribution < 1.29 is 19.5 Å². The standard InChI is InChI=1S/C19H24N4O6/c24-19(20-13-6-2-1-3-7-13)29-21-17-9-5-4-8-15(17)16-11-10-14(22(25)26)12-18(16)23(27)28/h10-13,15H,1-9H2,(H,20,24)/b21-17+. The zero-order valence-electron chi connectivity index (χ0n) is 16.0. The van der Waals surface area contributed by atoms with Crippen LogP contribution in [0, 0.1) is 20.2 Å². The Hall–Kier alpha value is -3.04. The fourth-order valence-electron chi connectivity index (χ4n) is 4.08. The Bertz CT molecular complexity index is 819. The summed E-state index contributed by atoms with van der Waals surface area (Å²) < 4.78 is 0. The Morgan fingerprint density at radius 3 is 2.45 bits per heavy atom. The maximum atomic E-state index is 12.1. The van der Waals surface area contributed by atoms with E-state index in [0.29, 0.717) is 24.1 Å². The van der Waals surface area contributed by atoms with Gasteiger partial charge in [0.15, 0.2) is 0 Å². The third kappa shape index (κ3) is 5.27. The lowest BCUT2D eigenvalue weighted by Gasteiger charge is -2.24. The maximum absolute atomic E-state index is 12.1. The minimum Gasteiger partial charge on any atom is -0.317 e. The highest BCUT2D eigenvalue weighted by Gasteiger charge is 2.31. The molecular weight excluding hydrogens is 380 g/mol. The van der Waals surface area contributed by atoms with Gasteiger partial charge in [-0.2, -0.15) is 0 Å². The predicted molar refractivity (Wildman–Crippen MR) is 105 cm³/mol. The molecule has 0 aliphatic heterocycles. The first-order valence-electron chi connectivity index (χ1n) is 9.92. The number of nitro groups is 2. The lowest BCUT2D eigenvalue weighted by atomic mass is 9.81. The number of nitro benzene ring substituents is 2. The molecule has 1 aromatic carbocycles. The van der Waals surface area contributed by atoms with E-state index in [-0.39, 0.29) is 17.4 Å². The average molecular weight is 404 g/mol. The van der Waals surface area contributed by atoms with Crippen molar-refractivity contribution >= 4 is 23.2 Å². The second-order valence-electron chi connectivity index (χ2n) is 7.50. The molecule has 29 heavy (non-hydrogen) atoms. The summed E-state index contributed by atoms with van der Waals surface area (Å²) in [6.45, 7) is 0. The number of hydrogen-bond donors (Lipinski definition) is 1. The number of carbonyl (C=O) groups is 1. The van der Waals surface area contributed by atoms with Gasteiger partial charge in [0.25, 0.3) is 11.4 Å². The Morgan fingerprint density at radius 1 is 1.03 bits per heavy atom. The number of amides is 1. The van der Waals surface area contributed by atoms with Gasteiger partial charge < -0.3 is 5.32 Å². The van der Waals surface area contributed by atoms with E-state index in [0.717, 1.165) is 44.6 Å². The van der Waals surface area contributed by atoms with Crippen molar-refractivity contribution in [1.29, 1.82) is 0 Å². The van der Waals surface area contributed by atoms with Gasteiger partial charge in [-0.25, -0.2) is 4.79 Å². The van der Waals surface area contributed by atoms with Crippen molar-refractivity contribution in [3.05, 3.63) is 44.0 Å². The molecule has 10 heteroatoms. The number of non-ortho nitro benzene ring substituents is 1. The van der Waals surface area contributed by atoms with Crippen LogP contribution in [-0.4, -0.2) is 27.7 Å². The van der Waals surface area contributed by atoms with Gasteiger partial charge in [-0.1, -0.05) is 30.8 Å². The average Bonchev–Trinajstić information content (AvgIpc) is 2.72. The van der Waals surface area contributed by atoms with Crippen molar-refractivity contribution in [2.45, 2.75) is 69.7 Å². The molecule has 3 rings (SSSR count). The van der Waals surface area contributed by atoms with E-state index in [1.165, 1.54) is 18.6 Å². The molecule has 2 fully saturated rings. The van der Waals surface area contributed by atoms with Gasteiger partial charge in [0.1, 0.15) is 0 Å². The van der Waals surface area contributed by atoms with Crippen LogP contribution in [0.2, 0.25) is 0 Å². The molecule has 0 saturated heterocycles. The van der Waals surface area contributed by atoms with Crippen molar-refractivity contribution in [2.75, 3.05) is 0 Å². The van der Waals surface area contributed by atoms with Gasteiger partial charge >= 0.3 is 6.09 Å². The van der Waals surface area contributed by atoms with E-state index in [4.69, 9.17) is 4.84 Å². The summed E-state index contributed by atoms with van der Waals surface area (Å²) in [6.07, 6.45) is 7.37. The van der Waals surface area contributed by atoms with Gasteiger partial charge in [0.05, 0.1) is 21.6 Å². The molecular formula is C19H24N4O6. The molecule has 0 aromatic heterocycles. The fraction of sp³-hybridized carbons (Fsp3) is 0.579. The zero-order valence-corrected chi connectivity index (χ0v) is 16.0. The smallest absolute Gasteiger partial charge is 0.317 e. The molecule has 1 aromatic rings. The molecule has 0 bridgehead atoms. The van der Waals surface area contributed by atoms with Gasteiger partial charge in [-0.3, -0.25) is 25.1 Å². The van der Waals surface area contributed by atoms with Crippen LogP contribution in [0.25, 0.3) is 0 Å². The predicted octanol–water partition coefficient (Wildman–Crippen LogP) is 4.58. The van der Waals surface area contributed by atoms with Crippen molar-refractivity contribution in [3.63, 3.8) is 0 Å². The first-order chi connectivity index (χ1) is 14.0. The molecule has 1 unspecified atom stereocenters. The summed E-state index contributed by atoms with van der Waals surface area (Å²) in [5.74, 6) is -0.410. The fourth-order valence-corrected chi connectivity index (χ4v) is 4.08. The molecule has 2 aliphatic carbocycles. The van der Waals surface area contributed by atoms with Crippen LogP contribution in [0.3, 0.4) is 0 Å². The van der Waals surface area contributed by atoms with Crippen LogP contribution in [0.15, 0.2) is 23.4 Å². The van der Waals surface area contributed by atoms with E-state index in [9.17, 15) is 25.0 Å². The molecule has 2 aliphatic rings. The van der Waals surface area contributed by atoms with Crippen molar-refractivity contribution in [3.8, 4) is 0 Å². The van der Waals surface area contributed by atoms with E-state index in [1.807, 2.05) is 0 Å². The lowest BCUT2D eigenvalue weighted by molar-refractivity contribution is -0.394. The highest BCUT2D eigenvalue weighted by atomic mass is 16.7. The van der Waals surface area contributed by atoms with Crippen molar-refractivity contribution in [1.82, 2.24) is 5.32 Å². The van der Waals surface area contributed by atoms with E-state index in [1.54, 1.807) is 0 Å². The Kier molecular flexibility index (Phi) is 6.73. The number of oxime groups is 1. The van der Waals surface area contributed by atoms with Crippen LogP contribution < -0.4 is 5.32 Å². The van der Waals surface area contributed by atoms with Gasteiger partial charge in [-0.15, -0.1) is 0 Å². The lowest BCUT2D eigenvalue weighted by Crippen LogP contribution is -2.36. The first-order valence-corrected chi connectivity index (χ1v) is 9.92. The normalized spacial score (nSPS) is 21.5. The second kappa shape index (κ2) is 9.44. The molecule has 1 N–H and O–H groups in total. The Balaban J connectivity index is 1.77. The zero-order chi connectivity index (χ0) is 20.8. The molecule has 0 spiro atoms. The number of hydrogen-bond acceptors (Lipinski definition) is 7. The number of nitrogens with zero attached hydrogens (tertiary/aromatic N) is 3. The largest absolute Gasteiger partial charge is 0.433 e. The Labute approximate surface area is 167 Å². The number of nitrogens with one attached hydrogen (secondary N) is 1. The summed E-state index contributed by atoms with van der Waals surface area (Å²) in [5.41, 5.74) is 0.255. The summed E-state index contributed by atoms with van der Waals surface area (Å²) in [5, 5.41) is 29.3. The van der Waals surface area contributed by atoms with E-state index < -0.39 is 21.9 Å². The highest BCUT2D eigenvalue weighted by molar-refractivity contribution is 5.92. The van der Waals surface area contributed by atoms with Gasteiger partial charge in [0.2, 0.25) is 0 Å². The van der Waals surface area contributed by atoms with E-state index in [2.05, 4.69) is 10.5 Å². The van der Waals surface area contributed by atoms with Crippen LogP contribution in [0.5, 0.6) is 0 Å². The van der Waals surface area contributed by atoms with Crippen LogP contribution in [-0.2, 0) is 4.84 Å². The summed E-state index contributed by atoms with van der Waals surface area (Å²) in [7, 11) is 0. The third-order valence-electron chi connectivity index (χ3n) is 5.55. The minimum absolute atomic E-state index is 0.0920. The highest BCUT2D eigenvalue weighted by Crippen LogP contribution is 2.37. The number of carbonyl (C=O) groups excluding carboxylic acids is 1. The second-order valence-corrected chi connectivity index (χ2v) is 7.50.